The largest absolute Gasteiger partial charge is 0.497 e. The number of imide groups is 1. The van der Waals surface area contributed by atoms with Gasteiger partial charge in [-0.25, -0.2) is 9.78 Å². The Balaban J connectivity index is 1.67. The number of carbonyl (C=O) groups excluding carboxylic acids is 3. The number of benzene rings is 2. The summed E-state index contributed by atoms with van der Waals surface area (Å²) in [6, 6.07) is 16.4. The second-order valence-electron chi connectivity index (χ2n) is 6.92. The fourth-order valence-electron chi connectivity index (χ4n) is 3.45. The number of hydrogen-bond donors (Lipinski definition) is 0. The van der Waals surface area contributed by atoms with Gasteiger partial charge >= 0.3 is 5.97 Å². The highest BCUT2D eigenvalue weighted by Gasteiger charge is 2.27. The van der Waals surface area contributed by atoms with E-state index in [1.165, 1.54) is 7.11 Å². The first-order chi connectivity index (χ1) is 14.6. The fourth-order valence-corrected chi connectivity index (χ4v) is 3.45. The van der Waals surface area contributed by atoms with E-state index in [1.807, 2.05) is 30.3 Å². The second kappa shape index (κ2) is 8.32. The monoisotopic (exact) mass is 404 g/mol. The number of aromatic nitrogens is 1. The van der Waals surface area contributed by atoms with E-state index in [0.717, 1.165) is 10.5 Å². The number of nitrogens with zero attached hydrogens (tertiary/aromatic N) is 2. The van der Waals surface area contributed by atoms with Crippen molar-refractivity contribution < 1.29 is 23.9 Å². The normalized spacial score (nSPS) is 13.5. The Morgan fingerprint density at radius 1 is 1.10 bits per heavy atom. The van der Waals surface area contributed by atoms with E-state index < -0.39 is 18.5 Å². The number of methoxy groups -OCH3 is 1. The lowest BCUT2D eigenvalue weighted by Gasteiger charge is -2.14. The number of carbonyl (C=O) groups is 3. The quantitative estimate of drug-likeness (QED) is 0.607. The van der Waals surface area contributed by atoms with E-state index >= 15 is 0 Å². The van der Waals surface area contributed by atoms with Crippen molar-refractivity contribution in [1.82, 2.24) is 9.88 Å². The van der Waals surface area contributed by atoms with Crippen LogP contribution in [0, 0.1) is 0 Å². The molecular weight excluding hydrogens is 384 g/mol. The maximum atomic E-state index is 12.9. The van der Waals surface area contributed by atoms with Crippen LogP contribution in [0.5, 0.6) is 5.75 Å². The number of pyridine rings is 1. The number of hydrogen-bond acceptors (Lipinski definition) is 6. The van der Waals surface area contributed by atoms with Crippen molar-refractivity contribution in [2.24, 2.45) is 0 Å². The van der Waals surface area contributed by atoms with Crippen LogP contribution in [0.15, 0.2) is 54.6 Å². The van der Waals surface area contributed by atoms with Gasteiger partial charge in [0.1, 0.15) is 5.75 Å². The Hall–Kier alpha value is -3.74. The van der Waals surface area contributed by atoms with Gasteiger partial charge in [-0.3, -0.25) is 14.5 Å². The summed E-state index contributed by atoms with van der Waals surface area (Å²) in [4.78, 5) is 42.6. The Bertz CT molecular complexity index is 1130. The molecule has 0 saturated carbocycles. The highest BCUT2D eigenvalue weighted by molar-refractivity contribution is 6.06. The summed E-state index contributed by atoms with van der Waals surface area (Å²) in [5.41, 5.74) is 2.34. The molecule has 0 bridgehead atoms. The van der Waals surface area contributed by atoms with Gasteiger partial charge in [0.2, 0.25) is 5.91 Å². The lowest BCUT2D eigenvalue weighted by Crippen LogP contribution is -2.35. The van der Waals surface area contributed by atoms with Crippen LogP contribution in [0.4, 0.5) is 0 Å². The third-order valence-electron chi connectivity index (χ3n) is 5.01. The molecule has 1 aliphatic rings. The minimum absolute atomic E-state index is 0.235. The van der Waals surface area contributed by atoms with E-state index in [2.05, 4.69) is 4.98 Å². The first-order valence-corrected chi connectivity index (χ1v) is 9.61. The third-order valence-corrected chi connectivity index (χ3v) is 5.01. The molecule has 7 heteroatoms. The molecule has 30 heavy (non-hydrogen) atoms. The highest BCUT2D eigenvalue weighted by atomic mass is 16.5. The third kappa shape index (κ3) is 3.87. The van der Waals surface area contributed by atoms with Crippen molar-refractivity contribution in [2.75, 3.05) is 20.3 Å². The van der Waals surface area contributed by atoms with Crippen LogP contribution in [0.3, 0.4) is 0 Å². The summed E-state index contributed by atoms with van der Waals surface area (Å²) in [5, 5.41) is 0.559. The summed E-state index contributed by atoms with van der Waals surface area (Å²) >= 11 is 0. The zero-order valence-corrected chi connectivity index (χ0v) is 16.5. The van der Waals surface area contributed by atoms with Gasteiger partial charge < -0.3 is 9.47 Å². The maximum absolute atomic E-state index is 12.9. The van der Waals surface area contributed by atoms with Crippen molar-refractivity contribution in [2.45, 2.75) is 12.8 Å². The van der Waals surface area contributed by atoms with E-state index in [1.54, 1.807) is 24.3 Å². The Kier molecular flexibility index (Phi) is 5.43. The minimum atomic E-state index is -0.659. The van der Waals surface area contributed by atoms with Gasteiger partial charge in [-0.15, -0.1) is 0 Å². The second-order valence-corrected chi connectivity index (χ2v) is 6.92. The SMILES string of the molecule is COc1ccc2nc(-c3ccccc3)cc(C(=O)OCC(=O)N3CCCC3=O)c2c1. The molecule has 1 saturated heterocycles. The molecule has 0 radical (unpaired) electrons. The topological polar surface area (TPSA) is 85.8 Å². The van der Waals surface area contributed by atoms with Crippen molar-refractivity contribution in [3.05, 3.63) is 60.2 Å². The lowest BCUT2D eigenvalue weighted by molar-refractivity contribution is -0.143. The molecular formula is C23H20N2O5. The molecule has 2 amide bonds. The van der Waals surface area contributed by atoms with Crippen LogP contribution >= 0.6 is 0 Å². The predicted molar refractivity (Wildman–Crippen MR) is 110 cm³/mol. The van der Waals surface area contributed by atoms with Gasteiger partial charge in [-0.05, 0) is 30.7 Å². The minimum Gasteiger partial charge on any atom is -0.497 e. The van der Waals surface area contributed by atoms with Gasteiger partial charge in [0.15, 0.2) is 6.61 Å². The number of rotatable bonds is 5. The zero-order valence-electron chi connectivity index (χ0n) is 16.5. The molecule has 0 atom stereocenters. The highest BCUT2D eigenvalue weighted by Crippen LogP contribution is 2.28. The van der Waals surface area contributed by atoms with Crippen molar-refractivity contribution in [3.63, 3.8) is 0 Å². The van der Waals surface area contributed by atoms with Crippen LogP contribution < -0.4 is 4.74 Å². The van der Waals surface area contributed by atoms with Gasteiger partial charge in [0.05, 0.1) is 23.9 Å². The number of amides is 2. The van der Waals surface area contributed by atoms with Crippen LogP contribution in [-0.4, -0.2) is 47.9 Å². The van der Waals surface area contributed by atoms with Crippen LogP contribution in [0.2, 0.25) is 0 Å². The lowest BCUT2D eigenvalue weighted by atomic mass is 10.0. The smallest absolute Gasteiger partial charge is 0.339 e. The average molecular weight is 404 g/mol. The molecule has 4 rings (SSSR count). The average Bonchev–Trinajstić information content (AvgIpc) is 3.22. The molecule has 0 unspecified atom stereocenters. The number of ether oxygens (including phenoxy) is 2. The predicted octanol–water partition coefficient (Wildman–Crippen LogP) is 3.22. The van der Waals surface area contributed by atoms with Crippen molar-refractivity contribution in [3.8, 4) is 17.0 Å². The van der Waals surface area contributed by atoms with Crippen LogP contribution in [0.25, 0.3) is 22.2 Å². The first-order valence-electron chi connectivity index (χ1n) is 9.61. The fraction of sp³-hybridized carbons (Fsp3) is 0.217. The Morgan fingerprint density at radius 2 is 1.90 bits per heavy atom. The van der Waals surface area contributed by atoms with E-state index in [0.29, 0.717) is 41.7 Å². The molecule has 0 N–H and O–H groups in total. The van der Waals surface area contributed by atoms with Crippen LogP contribution in [0.1, 0.15) is 23.2 Å². The van der Waals surface area contributed by atoms with Gasteiger partial charge in [0.25, 0.3) is 5.91 Å². The van der Waals surface area contributed by atoms with Gasteiger partial charge in [-0.2, -0.15) is 0 Å². The Labute approximate surface area is 173 Å². The van der Waals surface area contributed by atoms with Crippen molar-refractivity contribution in [1.29, 1.82) is 0 Å². The molecule has 152 valence electrons. The first kappa shape index (κ1) is 19.6. The van der Waals surface area contributed by atoms with Crippen molar-refractivity contribution >= 4 is 28.7 Å². The summed E-state index contributed by atoms with van der Waals surface area (Å²) in [6.45, 7) is -0.123. The summed E-state index contributed by atoms with van der Waals surface area (Å²) < 4.78 is 10.5. The summed E-state index contributed by atoms with van der Waals surface area (Å²) in [5.74, 6) is -0.830. The van der Waals surface area contributed by atoms with E-state index in [4.69, 9.17) is 9.47 Å². The number of esters is 1. The van der Waals surface area contributed by atoms with Crippen LogP contribution in [-0.2, 0) is 14.3 Å². The van der Waals surface area contributed by atoms with Gasteiger partial charge in [0, 0.05) is 23.9 Å². The number of fused-ring (bicyclic) bond motifs is 1. The van der Waals surface area contributed by atoms with Gasteiger partial charge in [-0.1, -0.05) is 30.3 Å². The summed E-state index contributed by atoms with van der Waals surface area (Å²) in [6.07, 6.45) is 0.975. The standard InChI is InChI=1S/C23H20N2O5/c1-29-16-9-10-19-17(12-16)18(13-20(24-19)15-6-3-2-4-7-15)23(28)30-14-22(27)25-11-5-8-21(25)26/h2-4,6-7,9-10,12-13H,5,8,11,14H2,1H3. The molecule has 1 aliphatic heterocycles. The molecule has 3 aromatic rings. The molecule has 2 aromatic carbocycles. The molecule has 1 aromatic heterocycles. The maximum Gasteiger partial charge on any atom is 0.339 e. The van der Waals surface area contributed by atoms with E-state index in [9.17, 15) is 14.4 Å². The molecule has 1 fully saturated rings. The zero-order chi connectivity index (χ0) is 21.1. The molecule has 0 aliphatic carbocycles. The number of likely N-dealkylation sites (tertiary alicyclic amines) is 1. The molecule has 0 spiro atoms. The molecule has 7 nitrogen and oxygen atoms in total. The molecule has 2 heterocycles. The van der Waals surface area contributed by atoms with E-state index in [-0.39, 0.29) is 11.5 Å². The Morgan fingerprint density at radius 3 is 2.60 bits per heavy atom. The summed E-state index contributed by atoms with van der Waals surface area (Å²) in [7, 11) is 1.54.